The fraction of sp³-hybridized carbons (Fsp3) is 0.286. The summed E-state index contributed by atoms with van der Waals surface area (Å²) < 4.78 is 24.9. The minimum Gasteiger partial charge on any atom is -0.441 e. The molecule has 0 aliphatic carbocycles. The van der Waals surface area contributed by atoms with E-state index in [-0.39, 0.29) is 11.9 Å². The van der Waals surface area contributed by atoms with Crippen LogP contribution in [-0.2, 0) is 11.3 Å². The van der Waals surface area contributed by atoms with Gasteiger partial charge in [0.2, 0.25) is 5.89 Å². The van der Waals surface area contributed by atoms with Crippen molar-refractivity contribution in [1.29, 1.82) is 0 Å². The zero-order chi connectivity index (χ0) is 17.9. The smallest absolute Gasteiger partial charge is 0.226 e. The third-order valence-corrected chi connectivity index (χ3v) is 4.68. The lowest BCUT2D eigenvalue weighted by atomic mass is 10.1. The lowest BCUT2D eigenvalue weighted by molar-refractivity contribution is -0.0333. The van der Waals surface area contributed by atoms with E-state index in [2.05, 4.69) is 9.88 Å². The van der Waals surface area contributed by atoms with Crippen molar-refractivity contribution in [2.24, 2.45) is 0 Å². The van der Waals surface area contributed by atoms with Gasteiger partial charge >= 0.3 is 0 Å². The molecule has 4 nitrogen and oxygen atoms in total. The van der Waals surface area contributed by atoms with Gasteiger partial charge in [0, 0.05) is 25.2 Å². The lowest BCUT2D eigenvalue weighted by Gasteiger charge is -2.32. The van der Waals surface area contributed by atoms with Crippen molar-refractivity contribution >= 4 is 0 Å². The molecule has 1 unspecified atom stereocenters. The van der Waals surface area contributed by atoms with Gasteiger partial charge in [-0.3, -0.25) is 4.90 Å². The van der Waals surface area contributed by atoms with Crippen molar-refractivity contribution in [3.63, 3.8) is 0 Å². The number of aromatic nitrogens is 1. The van der Waals surface area contributed by atoms with E-state index in [0.29, 0.717) is 19.0 Å². The van der Waals surface area contributed by atoms with Crippen LogP contribution in [0.2, 0.25) is 0 Å². The highest BCUT2D eigenvalue weighted by Crippen LogP contribution is 2.26. The highest BCUT2D eigenvalue weighted by Gasteiger charge is 2.24. The minimum atomic E-state index is -0.229. The summed E-state index contributed by atoms with van der Waals surface area (Å²) in [7, 11) is 0. The molecule has 1 atom stereocenters. The molecule has 1 aliphatic heterocycles. The fourth-order valence-electron chi connectivity index (χ4n) is 3.22. The molecule has 1 fully saturated rings. The first kappa shape index (κ1) is 16.9. The Morgan fingerprint density at radius 3 is 2.65 bits per heavy atom. The normalized spacial score (nSPS) is 18.2. The maximum Gasteiger partial charge on any atom is 0.226 e. The van der Waals surface area contributed by atoms with Crippen LogP contribution in [0.5, 0.6) is 0 Å². The summed E-state index contributed by atoms with van der Waals surface area (Å²) >= 11 is 0. The Labute approximate surface area is 152 Å². The molecule has 2 aromatic carbocycles. The van der Waals surface area contributed by atoms with Gasteiger partial charge in [0.15, 0.2) is 0 Å². The Kier molecular flexibility index (Phi) is 4.82. The number of nitrogens with zero attached hydrogens (tertiary/aromatic N) is 2. The minimum absolute atomic E-state index is 0.0508. The molecule has 0 radical (unpaired) electrons. The summed E-state index contributed by atoms with van der Waals surface area (Å²) in [6.07, 6.45) is -0.0508. The van der Waals surface area contributed by atoms with Gasteiger partial charge < -0.3 is 9.15 Å². The van der Waals surface area contributed by atoms with E-state index in [1.807, 2.05) is 37.3 Å². The average molecular weight is 352 g/mol. The Bertz CT molecular complexity index is 861. The van der Waals surface area contributed by atoms with Crippen LogP contribution < -0.4 is 0 Å². The van der Waals surface area contributed by atoms with Crippen molar-refractivity contribution in [2.45, 2.75) is 19.6 Å². The molecular formula is C21H21FN2O2. The first-order valence-corrected chi connectivity index (χ1v) is 8.80. The molecule has 1 aromatic heterocycles. The molecule has 26 heavy (non-hydrogen) atoms. The van der Waals surface area contributed by atoms with E-state index in [1.165, 1.54) is 12.1 Å². The van der Waals surface area contributed by atoms with E-state index in [0.717, 1.165) is 35.7 Å². The summed E-state index contributed by atoms with van der Waals surface area (Å²) in [6.45, 7) is 4.89. The molecular weight excluding hydrogens is 331 g/mol. The summed E-state index contributed by atoms with van der Waals surface area (Å²) in [5, 5.41) is 0. The highest BCUT2D eigenvalue weighted by molar-refractivity contribution is 5.53. The van der Waals surface area contributed by atoms with E-state index >= 15 is 0 Å². The second kappa shape index (κ2) is 7.40. The van der Waals surface area contributed by atoms with Crippen LogP contribution in [0.25, 0.3) is 11.5 Å². The number of halogens is 1. The van der Waals surface area contributed by atoms with Gasteiger partial charge in [-0.2, -0.15) is 0 Å². The van der Waals surface area contributed by atoms with Crippen LogP contribution in [0.4, 0.5) is 4.39 Å². The van der Waals surface area contributed by atoms with Gasteiger partial charge in [0.1, 0.15) is 11.6 Å². The molecule has 0 bridgehead atoms. The number of oxazole rings is 1. The van der Waals surface area contributed by atoms with Crippen LogP contribution in [0.1, 0.15) is 23.1 Å². The first-order chi connectivity index (χ1) is 12.7. The largest absolute Gasteiger partial charge is 0.441 e. The van der Waals surface area contributed by atoms with Gasteiger partial charge in [-0.1, -0.05) is 30.3 Å². The molecule has 134 valence electrons. The summed E-state index contributed by atoms with van der Waals surface area (Å²) in [5.41, 5.74) is 2.93. The average Bonchev–Trinajstić information content (AvgIpc) is 3.04. The van der Waals surface area contributed by atoms with Gasteiger partial charge in [-0.05, 0) is 36.8 Å². The zero-order valence-electron chi connectivity index (χ0n) is 14.7. The van der Waals surface area contributed by atoms with Crippen LogP contribution in [0, 0.1) is 12.7 Å². The van der Waals surface area contributed by atoms with E-state index < -0.39 is 0 Å². The van der Waals surface area contributed by atoms with E-state index in [9.17, 15) is 4.39 Å². The van der Waals surface area contributed by atoms with Gasteiger partial charge in [-0.15, -0.1) is 0 Å². The first-order valence-electron chi connectivity index (χ1n) is 8.80. The van der Waals surface area contributed by atoms with Gasteiger partial charge in [0.05, 0.1) is 18.4 Å². The third kappa shape index (κ3) is 3.69. The van der Waals surface area contributed by atoms with E-state index in [4.69, 9.17) is 9.15 Å². The molecule has 0 saturated carbocycles. The van der Waals surface area contributed by atoms with Crippen LogP contribution in [0.15, 0.2) is 59.0 Å². The summed E-state index contributed by atoms with van der Waals surface area (Å²) in [5.74, 6) is 1.27. The number of rotatable bonds is 4. The third-order valence-electron chi connectivity index (χ3n) is 4.68. The molecule has 4 rings (SSSR count). The second-order valence-electron chi connectivity index (χ2n) is 6.53. The van der Waals surface area contributed by atoms with Gasteiger partial charge in [-0.25, -0.2) is 9.37 Å². The number of hydrogen-bond acceptors (Lipinski definition) is 4. The highest BCUT2D eigenvalue weighted by atomic mass is 19.1. The molecule has 5 heteroatoms. The summed E-state index contributed by atoms with van der Waals surface area (Å²) in [4.78, 5) is 6.99. The number of ether oxygens (including phenoxy) is 1. The predicted molar refractivity (Wildman–Crippen MR) is 97.0 cm³/mol. The van der Waals surface area contributed by atoms with Gasteiger partial charge in [0.25, 0.3) is 0 Å². The molecule has 1 aliphatic rings. The monoisotopic (exact) mass is 352 g/mol. The predicted octanol–water partition coefficient (Wildman–Crippen LogP) is 4.36. The second-order valence-corrected chi connectivity index (χ2v) is 6.53. The Balaban J connectivity index is 1.47. The number of aryl methyl sites for hydroxylation is 1. The van der Waals surface area contributed by atoms with E-state index in [1.54, 1.807) is 12.1 Å². The quantitative estimate of drug-likeness (QED) is 0.699. The van der Waals surface area contributed by atoms with Crippen LogP contribution in [0.3, 0.4) is 0 Å². The number of morpholine rings is 1. The Hall–Kier alpha value is -2.50. The summed E-state index contributed by atoms with van der Waals surface area (Å²) in [6, 6.07) is 16.5. The Morgan fingerprint density at radius 2 is 1.88 bits per heavy atom. The maximum absolute atomic E-state index is 13.1. The van der Waals surface area contributed by atoms with Crippen LogP contribution in [-0.4, -0.2) is 29.6 Å². The molecule has 3 aromatic rings. The molecule has 0 amide bonds. The molecule has 2 heterocycles. The zero-order valence-corrected chi connectivity index (χ0v) is 14.7. The maximum atomic E-state index is 13.1. The molecule has 0 spiro atoms. The standard InChI is InChI=1S/C21H21FN2O2/c1-15-19(23-21(26-15)17-5-3-2-4-6-17)13-24-11-12-25-20(14-24)16-7-9-18(22)10-8-16/h2-10,20H,11-14H2,1H3. The van der Waals surface area contributed by atoms with Crippen molar-refractivity contribution in [1.82, 2.24) is 9.88 Å². The number of hydrogen-bond donors (Lipinski definition) is 0. The SMILES string of the molecule is Cc1oc(-c2ccccc2)nc1CN1CCOC(c2ccc(F)cc2)C1. The van der Waals surface area contributed by atoms with Crippen molar-refractivity contribution in [2.75, 3.05) is 19.7 Å². The Morgan fingerprint density at radius 1 is 1.12 bits per heavy atom. The van der Waals surface area contributed by atoms with Crippen molar-refractivity contribution in [3.05, 3.63) is 77.4 Å². The van der Waals surface area contributed by atoms with Crippen molar-refractivity contribution < 1.29 is 13.5 Å². The van der Waals surface area contributed by atoms with Crippen molar-refractivity contribution in [3.8, 4) is 11.5 Å². The van der Waals surface area contributed by atoms with Crippen LogP contribution >= 0.6 is 0 Å². The number of benzene rings is 2. The molecule has 0 N–H and O–H groups in total. The topological polar surface area (TPSA) is 38.5 Å². The lowest BCUT2D eigenvalue weighted by Crippen LogP contribution is -2.38. The molecule has 1 saturated heterocycles. The fourth-order valence-corrected chi connectivity index (χ4v) is 3.22.